The van der Waals surface area contributed by atoms with E-state index in [2.05, 4.69) is 25.3 Å². The summed E-state index contributed by atoms with van der Waals surface area (Å²) in [6.07, 6.45) is 5.56. The smallest absolute Gasteiger partial charge is 0.219 e. The molecule has 0 spiro atoms. The van der Waals surface area contributed by atoms with E-state index >= 15 is 0 Å². The molecule has 0 bridgehead atoms. The van der Waals surface area contributed by atoms with Gasteiger partial charge in [0.1, 0.15) is 5.65 Å². The number of H-pyrrole nitrogens is 1. The number of hydrogen-bond acceptors (Lipinski definition) is 5. The van der Waals surface area contributed by atoms with Crippen molar-refractivity contribution in [2.45, 2.75) is 13.3 Å². The Balaban J connectivity index is 1.53. The summed E-state index contributed by atoms with van der Waals surface area (Å²) in [6.45, 7) is 3.58. The van der Waals surface area contributed by atoms with Gasteiger partial charge in [0.2, 0.25) is 5.91 Å². The van der Waals surface area contributed by atoms with Crippen LogP contribution in [0.25, 0.3) is 22.4 Å². The zero-order valence-electron chi connectivity index (χ0n) is 14.4. The second-order valence-corrected chi connectivity index (χ2v) is 6.49. The van der Waals surface area contributed by atoms with Gasteiger partial charge in [-0.25, -0.2) is 19.3 Å². The molecule has 1 amide bonds. The molecule has 3 aromatic rings. The molecule has 2 N–H and O–H groups in total. The Kier molecular flexibility index (Phi) is 4.24. The van der Waals surface area contributed by atoms with E-state index in [-0.39, 0.29) is 17.6 Å². The molecule has 26 heavy (non-hydrogen) atoms. The van der Waals surface area contributed by atoms with Crippen LogP contribution in [0.2, 0.25) is 0 Å². The molecular weight excluding hydrogens is 335 g/mol. The number of amides is 1. The molecule has 0 aromatic carbocycles. The minimum Gasteiger partial charge on any atom is -0.367 e. The number of likely N-dealkylation sites (tertiary alicyclic amines) is 1. The molecule has 1 atom stereocenters. The van der Waals surface area contributed by atoms with Crippen LogP contribution in [-0.4, -0.2) is 50.4 Å². The fourth-order valence-corrected chi connectivity index (χ4v) is 3.29. The van der Waals surface area contributed by atoms with Crippen LogP contribution >= 0.6 is 0 Å². The Labute approximate surface area is 149 Å². The van der Waals surface area contributed by atoms with Crippen molar-refractivity contribution < 1.29 is 9.18 Å². The molecule has 1 saturated heterocycles. The Morgan fingerprint density at radius 2 is 2.35 bits per heavy atom. The van der Waals surface area contributed by atoms with Crippen molar-refractivity contribution in [1.82, 2.24) is 24.8 Å². The standard InChI is InChI=1S/C18H19FN6O/c1-11(26)25-6-4-12(10-25)7-21-18-15(19)9-23-17(24-18)14-8-22-16-13(14)3-2-5-20-16/h2-3,5,8-9,12H,4,6-7,10H2,1H3,(H,20,22)(H,21,23,24)/t12-/m1/s1. The van der Waals surface area contributed by atoms with E-state index in [1.54, 1.807) is 19.3 Å². The number of carbonyl (C=O) groups is 1. The molecule has 4 rings (SSSR count). The SMILES string of the molecule is CC(=O)N1CC[C@H](CNc2nc(-c3c[nH]c4ncccc34)ncc2F)C1. The third kappa shape index (κ3) is 3.10. The molecule has 8 heteroatoms. The maximum atomic E-state index is 14.1. The van der Waals surface area contributed by atoms with Gasteiger partial charge >= 0.3 is 0 Å². The van der Waals surface area contributed by atoms with E-state index in [1.165, 1.54) is 6.20 Å². The van der Waals surface area contributed by atoms with E-state index in [1.807, 2.05) is 17.0 Å². The highest BCUT2D eigenvalue weighted by Gasteiger charge is 2.24. The molecule has 134 valence electrons. The van der Waals surface area contributed by atoms with Crippen LogP contribution in [-0.2, 0) is 4.79 Å². The molecule has 1 aliphatic rings. The van der Waals surface area contributed by atoms with Gasteiger partial charge in [0.25, 0.3) is 0 Å². The molecule has 4 heterocycles. The first-order chi connectivity index (χ1) is 12.6. The van der Waals surface area contributed by atoms with Gasteiger partial charge in [-0.2, -0.15) is 0 Å². The van der Waals surface area contributed by atoms with Crippen LogP contribution in [0, 0.1) is 11.7 Å². The summed E-state index contributed by atoms with van der Waals surface area (Å²) in [5, 5.41) is 3.96. The van der Waals surface area contributed by atoms with Crippen molar-refractivity contribution in [3.63, 3.8) is 0 Å². The van der Waals surface area contributed by atoms with Crippen molar-refractivity contribution in [3.05, 3.63) is 36.5 Å². The normalized spacial score (nSPS) is 17.0. The molecule has 3 aromatic heterocycles. The monoisotopic (exact) mass is 354 g/mol. The average molecular weight is 354 g/mol. The number of rotatable bonds is 4. The lowest BCUT2D eigenvalue weighted by Crippen LogP contribution is -2.27. The lowest BCUT2D eigenvalue weighted by molar-refractivity contribution is -0.127. The number of carbonyl (C=O) groups excluding carboxylic acids is 1. The fourth-order valence-electron chi connectivity index (χ4n) is 3.29. The predicted molar refractivity (Wildman–Crippen MR) is 95.9 cm³/mol. The number of hydrogen-bond donors (Lipinski definition) is 2. The second kappa shape index (κ2) is 6.70. The largest absolute Gasteiger partial charge is 0.367 e. The first-order valence-corrected chi connectivity index (χ1v) is 8.56. The van der Waals surface area contributed by atoms with Gasteiger partial charge < -0.3 is 15.2 Å². The van der Waals surface area contributed by atoms with Crippen molar-refractivity contribution in [1.29, 1.82) is 0 Å². The molecular formula is C18H19FN6O. The first kappa shape index (κ1) is 16.4. The third-order valence-corrected chi connectivity index (χ3v) is 4.73. The van der Waals surface area contributed by atoms with E-state index in [0.29, 0.717) is 18.9 Å². The third-order valence-electron chi connectivity index (χ3n) is 4.73. The zero-order chi connectivity index (χ0) is 18.1. The Bertz CT molecular complexity index is 956. The van der Waals surface area contributed by atoms with Crippen LogP contribution in [0.4, 0.5) is 10.2 Å². The number of fused-ring (bicyclic) bond motifs is 1. The number of halogens is 1. The highest BCUT2D eigenvalue weighted by atomic mass is 19.1. The Hall–Kier alpha value is -3.03. The maximum absolute atomic E-state index is 14.1. The topological polar surface area (TPSA) is 86.8 Å². The summed E-state index contributed by atoms with van der Waals surface area (Å²) in [5.74, 6) is 0.484. The van der Waals surface area contributed by atoms with Crippen molar-refractivity contribution in [2.24, 2.45) is 5.92 Å². The molecule has 0 unspecified atom stereocenters. The summed E-state index contributed by atoms with van der Waals surface area (Å²) in [4.78, 5) is 29.0. The van der Waals surface area contributed by atoms with Gasteiger partial charge in [-0.1, -0.05) is 0 Å². The van der Waals surface area contributed by atoms with E-state index in [4.69, 9.17) is 0 Å². The van der Waals surface area contributed by atoms with E-state index in [0.717, 1.165) is 29.6 Å². The summed E-state index contributed by atoms with van der Waals surface area (Å²) in [7, 11) is 0. The quantitative estimate of drug-likeness (QED) is 0.751. The summed E-state index contributed by atoms with van der Waals surface area (Å²) in [5.41, 5.74) is 1.51. The van der Waals surface area contributed by atoms with Gasteiger partial charge in [-0.3, -0.25) is 4.79 Å². The maximum Gasteiger partial charge on any atom is 0.219 e. The minimum atomic E-state index is -0.492. The van der Waals surface area contributed by atoms with Crippen LogP contribution in [0.1, 0.15) is 13.3 Å². The van der Waals surface area contributed by atoms with Gasteiger partial charge in [0.05, 0.1) is 6.20 Å². The number of aromatic nitrogens is 4. The number of aromatic amines is 1. The summed E-state index contributed by atoms with van der Waals surface area (Å²) in [6, 6.07) is 3.76. The minimum absolute atomic E-state index is 0.0796. The number of anilines is 1. The van der Waals surface area contributed by atoms with E-state index in [9.17, 15) is 9.18 Å². The lowest BCUT2D eigenvalue weighted by atomic mass is 10.1. The molecule has 1 fully saturated rings. The van der Waals surface area contributed by atoms with Crippen LogP contribution < -0.4 is 5.32 Å². The van der Waals surface area contributed by atoms with Crippen LogP contribution in [0.3, 0.4) is 0 Å². The van der Waals surface area contributed by atoms with Gasteiger partial charge in [-0.05, 0) is 24.5 Å². The average Bonchev–Trinajstić information content (AvgIpc) is 3.28. The lowest BCUT2D eigenvalue weighted by Gasteiger charge is -2.15. The van der Waals surface area contributed by atoms with Crippen LogP contribution in [0.5, 0.6) is 0 Å². The number of pyridine rings is 1. The van der Waals surface area contributed by atoms with Crippen molar-refractivity contribution in [3.8, 4) is 11.4 Å². The Morgan fingerprint density at radius 1 is 1.46 bits per heavy atom. The Morgan fingerprint density at radius 3 is 3.15 bits per heavy atom. The van der Waals surface area contributed by atoms with Gasteiger partial charge in [0, 0.05) is 49.9 Å². The highest BCUT2D eigenvalue weighted by molar-refractivity contribution is 5.91. The highest BCUT2D eigenvalue weighted by Crippen LogP contribution is 2.26. The van der Waals surface area contributed by atoms with Crippen LogP contribution in [0.15, 0.2) is 30.7 Å². The predicted octanol–water partition coefficient (Wildman–Crippen LogP) is 2.44. The summed E-state index contributed by atoms with van der Waals surface area (Å²) >= 11 is 0. The molecule has 0 aliphatic carbocycles. The number of nitrogens with one attached hydrogen (secondary N) is 2. The van der Waals surface area contributed by atoms with E-state index < -0.39 is 5.82 Å². The summed E-state index contributed by atoms with van der Waals surface area (Å²) < 4.78 is 14.1. The first-order valence-electron chi connectivity index (χ1n) is 8.56. The van der Waals surface area contributed by atoms with Gasteiger partial charge in [-0.15, -0.1) is 0 Å². The zero-order valence-corrected chi connectivity index (χ0v) is 14.4. The van der Waals surface area contributed by atoms with Crippen molar-refractivity contribution in [2.75, 3.05) is 25.0 Å². The fraction of sp³-hybridized carbons (Fsp3) is 0.333. The second-order valence-electron chi connectivity index (χ2n) is 6.49. The van der Waals surface area contributed by atoms with Gasteiger partial charge in [0.15, 0.2) is 17.5 Å². The molecule has 1 aliphatic heterocycles. The van der Waals surface area contributed by atoms with Crippen molar-refractivity contribution >= 4 is 22.8 Å². The molecule has 0 radical (unpaired) electrons. The molecule has 0 saturated carbocycles. The number of nitrogens with zero attached hydrogens (tertiary/aromatic N) is 4. The molecule has 7 nitrogen and oxygen atoms in total.